The molecule has 1 aliphatic carbocycles. The van der Waals surface area contributed by atoms with E-state index in [0.717, 1.165) is 63.8 Å². The Morgan fingerprint density at radius 3 is 2.35 bits per heavy atom. The molecule has 1 amide bonds. The minimum Gasteiger partial charge on any atom is -0.506 e. The van der Waals surface area contributed by atoms with Crippen LogP contribution < -0.4 is 10.2 Å². The monoisotopic (exact) mass is 358 g/mol. The Hall–Kier alpha value is -1.79. The fourth-order valence-electron chi connectivity index (χ4n) is 4.20. The number of likely N-dealkylation sites (tertiary alicyclic amines) is 1. The van der Waals surface area contributed by atoms with E-state index in [9.17, 15) is 9.90 Å². The van der Waals surface area contributed by atoms with Crippen molar-refractivity contribution in [2.45, 2.75) is 37.8 Å². The molecule has 4 rings (SSSR count). The highest BCUT2D eigenvalue weighted by atomic mass is 16.3. The van der Waals surface area contributed by atoms with Gasteiger partial charge in [0.1, 0.15) is 5.75 Å². The third-order valence-corrected chi connectivity index (χ3v) is 5.92. The molecule has 0 atom stereocenters. The van der Waals surface area contributed by atoms with Gasteiger partial charge in [-0.2, -0.15) is 0 Å². The number of amides is 1. The summed E-state index contributed by atoms with van der Waals surface area (Å²) in [6.45, 7) is 6.13. The minimum absolute atomic E-state index is 0.158. The first-order valence-electron chi connectivity index (χ1n) is 9.98. The Morgan fingerprint density at radius 1 is 1.00 bits per heavy atom. The fraction of sp³-hybridized carbons (Fsp3) is 0.650. The molecule has 26 heavy (non-hydrogen) atoms. The van der Waals surface area contributed by atoms with Gasteiger partial charge in [0, 0.05) is 51.4 Å². The Morgan fingerprint density at radius 2 is 1.69 bits per heavy atom. The van der Waals surface area contributed by atoms with Gasteiger partial charge in [0.05, 0.1) is 12.2 Å². The van der Waals surface area contributed by atoms with Crippen LogP contribution in [-0.2, 0) is 4.79 Å². The summed E-state index contributed by atoms with van der Waals surface area (Å²) >= 11 is 0. The second kappa shape index (κ2) is 7.84. The van der Waals surface area contributed by atoms with Crippen molar-refractivity contribution in [3.8, 4) is 5.75 Å². The lowest BCUT2D eigenvalue weighted by molar-refractivity contribution is -0.123. The number of piperidine rings is 1. The number of carbonyl (C=O) groups excluding carboxylic acids is 1. The first-order chi connectivity index (χ1) is 12.7. The summed E-state index contributed by atoms with van der Waals surface area (Å²) in [4.78, 5) is 19.4. The van der Waals surface area contributed by atoms with Crippen molar-refractivity contribution in [2.24, 2.45) is 0 Å². The molecule has 3 aliphatic rings. The van der Waals surface area contributed by atoms with Gasteiger partial charge >= 0.3 is 0 Å². The lowest BCUT2D eigenvalue weighted by Crippen LogP contribution is -2.52. The van der Waals surface area contributed by atoms with E-state index in [1.54, 1.807) is 6.07 Å². The van der Waals surface area contributed by atoms with Crippen LogP contribution in [0.3, 0.4) is 0 Å². The van der Waals surface area contributed by atoms with Gasteiger partial charge in [0.25, 0.3) is 0 Å². The first-order valence-corrected chi connectivity index (χ1v) is 9.98. The largest absolute Gasteiger partial charge is 0.506 e. The van der Waals surface area contributed by atoms with Crippen molar-refractivity contribution < 1.29 is 9.90 Å². The number of hydrogen-bond acceptors (Lipinski definition) is 5. The van der Waals surface area contributed by atoms with E-state index in [-0.39, 0.29) is 5.91 Å². The van der Waals surface area contributed by atoms with Crippen LogP contribution >= 0.6 is 0 Å². The molecule has 1 saturated carbocycles. The second-order valence-corrected chi connectivity index (χ2v) is 7.86. The standard InChI is InChI=1S/C20H30N4O2/c25-19-4-2-1-3-18(19)24-13-11-22(12-14-24)15-20(26)21-16-7-9-23(10-8-16)17-5-6-17/h1-4,16-17,25H,5-15H2,(H,21,26). The predicted octanol–water partition coefficient (Wildman–Crippen LogP) is 1.26. The number of piperazine rings is 1. The lowest BCUT2D eigenvalue weighted by Gasteiger charge is -2.36. The highest BCUT2D eigenvalue weighted by Crippen LogP contribution is 2.29. The average molecular weight is 358 g/mol. The predicted molar refractivity (Wildman–Crippen MR) is 103 cm³/mol. The summed E-state index contributed by atoms with van der Waals surface area (Å²) < 4.78 is 0. The van der Waals surface area contributed by atoms with Crippen LogP contribution in [0.15, 0.2) is 24.3 Å². The molecule has 0 radical (unpaired) electrons. The molecule has 1 aromatic carbocycles. The van der Waals surface area contributed by atoms with E-state index in [1.165, 1.54) is 12.8 Å². The number of carbonyl (C=O) groups is 1. The molecule has 2 aliphatic heterocycles. The smallest absolute Gasteiger partial charge is 0.234 e. The van der Waals surface area contributed by atoms with E-state index in [2.05, 4.69) is 20.0 Å². The first kappa shape index (κ1) is 17.6. The molecule has 0 bridgehead atoms. The highest BCUT2D eigenvalue weighted by Gasteiger charge is 2.32. The second-order valence-electron chi connectivity index (χ2n) is 7.86. The summed E-state index contributed by atoms with van der Waals surface area (Å²) in [5.74, 6) is 0.488. The molecule has 0 spiro atoms. The van der Waals surface area contributed by atoms with Gasteiger partial charge in [-0.15, -0.1) is 0 Å². The normalized spacial score (nSPS) is 23.2. The van der Waals surface area contributed by atoms with E-state index in [4.69, 9.17) is 0 Å². The van der Waals surface area contributed by atoms with Crippen LogP contribution in [0.2, 0.25) is 0 Å². The number of para-hydroxylation sites is 2. The van der Waals surface area contributed by atoms with Crippen LogP contribution in [0, 0.1) is 0 Å². The number of benzene rings is 1. The maximum atomic E-state index is 12.4. The van der Waals surface area contributed by atoms with E-state index < -0.39 is 0 Å². The van der Waals surface area contributed by atoms with Crippen LogP contribution in [0.4, 0.5) is 5.69 Å². The third kappa shape index (κ3) is 4.30. The molecule has 6 nitrogen and oxygen atoms in total. The average Bonchev–Trinajstić information content (AvgIpc) is 3.49. The van der Waals surface area contributed by atoms with E-state index in [1.807, 2.05) is 18.2 Å². The van der Waals surface area contributed by atoms with Crippen molar-refractivity contribution >= 4 is 11.6 Å². The molecule has 1 aromatic rings. The maximum Gasteiger partial charge on any atom is 0.234 e. The van der Waals surface area contributed by atoms with Crippen molar-refractivity contribution in [1.82, 2.24) is 15.1 Å². The number of phenols is 1. The van der Waals surface area contributed by atoms with Crippen molar-refractivity contribution in [3.05, 3.63) is 24.3 Å². The van der Waals surface area contributed by atoms with Gasteiger partial charge in [-0.25, -0.2) is 0 Å². The molecule has 142 valence electrons. The van der Waals surface area contributed by atoms with Gasteiger partial charge in [0.15, 0.2) is 0 Å². The van der Waals surface area contributed by atoms with Crippen LogP contribution in [-0.4, -0.2) is 78.7 Å². The molecular weight excluding hydrogens is 328 g/mol. The molecule has 3 fully saturated rings. The summed E-state index contributed by atoms with van der Waals surface area (Å²) in [5.41, 5.74) is 0.888. The minimum atomic E-state index is 0.158. The van der Waals surface area contributed by atoms with E-state index >= 15 is 0 Å². The molecule has 6 heteroatoms. The van der Waals surface area contributed by atoms with Gasteiger partial charge < -0.3 is 20.2 Å². The van der Waals surface area contributed by atoms with Crippen LogP contribution in [0.5, 0.6) is 5.75 Å². The van der Waals surface area contributed by atoms with Crippen LogP contribution in [0.1, 0.15) is 25.7 Å². The third-order valence-electron chi connectivity index (χ3n) is 5.92. The number of aromatic hydroxyl groups is 1. The summed E-state index contributed by atoms with van der Waals surface area (Å²) in [6.07, 6.45) is 4.90. The number of anilines is 1. The van der Waals surface area contributed by atoms with Gasteiger partial charge in [-0.3, -0.25) is 9.69 Å². The van der Waals surface area contributed by atoms with Crippen LogP contribution in [0.25, 0.3) is 0 Å². The number of nitrogens with one attached hydrogen (secondary N) is 1. The van der Waals surface area contributed by atoms with Gasteiger partial charge in [0.2, 0.25) is 5.91 Å². The Kier molecular flexibility index (Phi) is 5.31. The fourth-order valence-corrected chi connectivity index (χ4v) is 4.20. The topological polar surface area (TPSA) is 59.1 Å². The Labute approximate surface area is 155 Å². The lowest BCUT2D eigenvalue weighted by atomic mass is 10.0. The summed E-state index contributed by atoms with van der Waals surface area (Å²) in [7, 11) is 0. The zero-order valence-electron chi connectivity index (χ0n) is 15.4. The number of rotatable bonds is 5. The number of hydrogen-bond donors (Lipinski definition) is 2. The number of nitrogens with zero attached hydrogens (tertiary/aromatic N) is 3. The quantitative estimate of drug-likeness (QED) is 0.830. The zero-order valence-corrected chi connectivity index (χ0v) is 15.4. The van der Waals surface area contributed by atoms with Gasteiger partial charge in [-0.1, -0.05) is 12.1 Å². The molecule has 2 heterocycles. The summed E-state index contributed by atoms with van der Waals surface area (Å²) in [6, 6.07) is 8.65. The number of phenolic OH excluding ortho intramolecular Hbond substituents is 1. The van der Waals surface area contributed by atoms with Gasteiger partial charge in [-0.05, 0) is 37.8 Å². The Balaban J connectivity index is 1.18. The van der Waals surface area contributed by atoms with Crippen molar-refractivity contribution in [2.75, 3.05) is 50.7 Å². The molecule has 0 aromatic heterocycles. The SMILES string of the molecule is O=C(CN1CCN(c2ccccc2O)CC1)NC1CCN(C2CC2)CC1. The van der Waals surface area contributed by atoms with Crippen molar-refractivity contribution in [1.29, 1.82) is 0 Å². The highest BCUT2D eigenvalue weighted by molar-refractivity contribution is 5.78. The summed E-state index contributed by atoms with van der Waals surface area (Å²) in [5, 5.41) is 13.2. The Bertz CT molecular complexity index is 618. The molecule has 0 unspecified atom stereocenters. The zero-order chi connectivity index (χ0) is 17.9. The van der Waals surface area contributed by atoms with Crippen molar-refractivity contribution in [3.63, 3.8) is 0 Å². The van der Waals surface area contributed by atoms with E-state index in [0.29, 0.717) is 18.3 Å². The molecular formula is C20H30N4O2. The maximum absolute atomic E-state index is 12.4. The molecule has 2 saturated heterocycles. The molecule has 2 N–H and O–H groups in total.